The van der Waals surface area contributed by atoms with Gasteiger partial charge in [-0.15, -0.1) is 0 Å². The molecule has 2 aliphatic heterocycles. The molecule has 7 aromatic heterocycles. The average molecular weight is 1150 g/mol. The van der Waals surface area contributed by atoms with Gasteiger partial charge in [0.25, 0.3) is 0 Å². The summed E-state index contributed by atoms with van der Waals surface area (Å²) in [4.78, 5) is 22.3. The van der Waals surface area contributed by atoms with Crippen molar-refractivity contribution in [3.05, 3.63) is 203 Å². The van der Waals surface area contributed by atoms with Crippen LogP contribution in [0.15, 0.2) is 157 Å². The molecule has 0 saturated heterocycles. The summed E-state index contributed by atoms with van der Waals surface area (Å²) in [5.41, 5.74) is 33.6. The van der Waals surface area contributed by atoms with Gasteiger partial charge in [0.1, 0.15) is 5.58 Å². The van der Waals surface area contributed by atoms with Crippen molar-refractivity contribution < 1.29 is 4.42 Å². The molecule has 0 radical (unpaired) electrons. The van der Waals surface area contributed by atoms with Crippen LogP contribution >= 0.6 is 0 Å². The second-order valence-corrected chi connectivity index (χ2v) is 24.5. The fourth-order valence-corrected chi connectivity index (χ4v) is 10.7. The first-order valence-electron chi connectivity index (χ1n) is 30.8. The maximum absolute atomic E-state index is 5.70. The Morgan fingerprint density at radius 2 is 1.12 bits per heavy atom. The normalized spacial score (nSPS) is 12.2. The molecule has 13 heteroatoms. The van der Waals surface area contributed by atoms with Crippen LogP contribution in [0.1, 0.15) is 189 Å². The molecule has 0 fully saturated rings. The Kier molecular flexibility index (Phi) is 21.5. The Hall–Kier alpha value is -8.84. The summed E-state index contributed by atoms with van der Waals surface area (Å²) in [6.07, 6.45) is 11.7. The first-order chi connectivity index (χ1) is 41.3. The number of para-hydroxylation sites is 2. The maximum Gasteiger partial charge on any atom is 0.198 e. The Morgan fingerprint density at radius 1 is 0.500 bits per heavy atom. The van der Waals surface area contributed by atoms with Crippen LogP contribution in [0, 0.1) is 0 Å². The van der Waals surface area contributed by atoms with Gasteiger partial charge in [0.15, 0.2) is 11.8 Å². The van der Waals surface area contributed by atoms with Crippen LogP contribution in [-0.4, -0.2) is 53.2 Å². The smallest absolute Gasteiger partial charge is 0.198 e. The molecule has 9 heterocycles. The number of pyridine rings is 2. The summed E-state index contributed by atoms with van der Waals surface area (Å²) in [5.74, 6) is 5.03. The van der Waals surface area contributed by atoms with E-state index in [9.17, 15) is 0 Å². The Labute approximate surface area is 509 Å². The van der Waals surface area contributed by atoms with Crippen molar-refractivity contribution >= 4 is 78.0 Å². The fourth-order valence-electron chi connectivity index (χ4n) is 10.7. The number of rotatable bonds is 7. The quantitative estimate of drug-likeness (QED) is 0.0764. The molecule has 10 N–H and O–H groups in total. The van der Waals surface area contributed by atoms with Crippen LogP contribution in [0.2, 0.25) is 0 Å². The molecule has 0 unspecified atom stereocenters. The number of hydrogen-bond donors (Lipinski definition) is 8. The molecule has 0 saturated carbocycles. The summed E-state index contributed by atoms with van der Waals surface area (Å²) >= 11 is 0. The molecule has 12 aromatic rings. The molecule has 0 aliphatic carbocycles. The standard InChI is InChI=1S/C11H15N.C11H13N.C11H12O.2C10H13N3.C10H14N2.C10H12N2/c3*1-8(2)9-3-4-11-10(7-9)5-6-12-11;1-6(2)7-4-3-5-8-9(7)13-10(11)12-8;1-6(2)7-4-3-5-8-9(7)12-13-10(8)11;2*1-7(2)8-3-5-11-9-4-6-12-10(8)9/h3-4,7-8,12H,5-6H2,1-2H3;3-8,12H,1-2H3;3-8H,1-2H3;2*3-6H,1-2H3,(H3,11,12,13);3,5,7,12H,4,6H2,1-2H3;3-7,12H,1-2H3. The number of aromatic amines is 4. The lowest BCUT2D eigenvalue weighted by Gasteiger charge is -2.10. The van der Waals surface area contributed by atoms with Crippen LogP contribution in [0.3, 0.4) is 0 Å². The third-order valence-corrected chi connectivity index (χ3v) is 15.8. The molecule has 14 rings (SSSR count). The van der Waals surface area contributed by atoms with Crippen molar-refractivity contribution in [1.29, 1.82) is 0 Å². The minimum Gasteiger partial charge on any atom is -0.464 e. The maximum atomic E-state index is 5.70. The molecule has 13 nitrogen and oxygen atoms in total. The molecule has 0 bridgehead atoms. The van der Waals surface area contributed by atoms with E-state index in [0.29, 0.717) is 53.2 Å². The topological polar surface area (TPSA) is 204 Å². The highest BCUT2D eigenvalue weighted by atomic mass is 16.3. The van der Waals surface area contributed by atoms with Gasteiger partial charge >= 0.3 is 0 Å². The van der Waals surface area contributed by atoms with Crippen molar-refractivity contribution in [2.45, 2.75) is 151 Å². The second-order valence-electron chi connectivity index (χ2n) is 24.5. The van der Waals surface area contributed by atoms with E-state index in [4.69, 9.17) is 15.9 Å². The largest absolute Gasteiger partial charge is 0.464 e. The summed E-state index contributed by atoms with van der Waals surface area (Å²) < 4.78 is 5.25. The zero-order chi connectivity index (χ0) is 61.6. The number of anilines is 4. The summed E-state index contributed by atoms with van der Waals surface area (Å²) in [6.45, 7) is 32.9. The molecule has 0 spiro atoms. The predicted octanol–water partition coefficient (Wildman–Crippen LogP) is 19.0. The first kappa shape index (κ1) is 63.2. The van der Waals surface area contributed by atoms with Crippen molar-refractivity contribution in [2.75, 3.05) is 35.2 Å². The van der Waals surface area contributed by atoms with E-state index in [1.807, 2.05) is 67.3 Å². The number of nitrogens with two attached hydrogens (primary N) is 2. The third kappa shape index (κ3) is 15.9. The van der Waals surface area contributed by atoms with E-state index in [0.717, 1.165) is 52.5 Å². The average Bonchev–Trinajstić information content (AvgIpc) is 4.02. The van der Waals surface area contributed by atoms with E-state index < -0.39 is 0 Å². The molecule has 0 atom stereocenters. The lowest BCUT2D eigenvalue weighted by Crippen LogP contribution is -1.97. The van der Waals surface area contributed by atoms with Gasteiger partial charge in [0, 0.05) is 66.3 Å². The number of benzene rings is 5. The number of nitrogen functional groups attached to an aromatic ring is 2. The number of imidazole rings is 1. The number of nitrogens with zero attached hydrogens (tertiary/aromatic N) is 4. The van der Waals surface area contributed by atoms with E-state index >= 15 is 0 Å². The van der Waals surface area contributed by atoms with E-state index in [1.54, 1.807) is 6.26 Å². The van der Waals surface area contributed by atoms with Crippen LogP contribution in [0.25, 0.3) is 54.8 Å². The highest BCUT2D eigenvalue weighted by molar-refractivity contribution is 5.91. The minimum atomic E-state index is 0.478. The number of H-pyrrole nitrogens is 4. The minimum absolute atomic E-state index is 0.478. The summed E-state index contributed by atoms with van der Waals surface area (Å²) in [5, 5.41) is 17.2. The molecule has 5 aromatic carbocycles. The van der Waals surface area contributed by atoms with E-state index in [2.05, 4.69) is 227 Å². The predicted molar refractivity (Wildman–Crippen MR) is 365 cm³/mol. The van der Waals surface area contributed by atoms with Gasteiger partial charge in [-0.3, -0.25) is 15.1 Å². The van der Waals surface area contributed by atoms with Gasteiger partial charge in [-0.05, 0) is 171 Å². The SMILES string of the molecule is CC(C)c1ccc2[nH]ccc2c1.CC(C)c1ccc2c(c1)CCN2.CC(C)c1ccc2occc2c1.CC(C)c1cccc2[nH]c(N)nc12.CC(C)c1cccc2c(N)n[nH]c12.CC(C)c1ccnc2c1NCC2.CC(C)c1ccnc2cc[nH]c12. The number of fused-ring (bicyclic) bond motifs is 7. The summed E-state index contributed by atoms with van der Waals surface area (Å²) in [7, 11) is 0. The summed E-state index contributed by atoms with van der Waals surface area (Å²) in [6, 6.07) is 42.2. The molecular formula is C73H92N12O. The van der Waals surface area contributed by atoms with E-state index in [-0.39, 0.29) is 0 Å². The third-order valence-electron chi connectivity index (χ3n) is 15.8. The Morgan fingerprint density at radius 3 is 1.84 bits per heavy atom. The van der Waals surface area contributed by atoms with Crippen LogP contribution < -0.4 is 22.1 Å². The van der Waals surface area contributed by atoms with Crippen molar-refractivity contribution in [1.82, 2.24) is 40.1 Å². The van der Waals surface area contributed by atoms with Crippen molar-refractivity contribution in [3.8, 4) is 0 Å². The van der Waals surface area contributed by atoms with Crippen LogP contribution in [-0.2, 0) is 12.8 Å². The molecule has 0 amide bonds. The van der Waals surface area contributed by atoms with E-state index in [1.165, 1.54) is 89.8 Å². The van der Waals surface area contributed by atoms with Gasteiger partial charge < -0.3 is 41.5 Å². The lowest BCUT2D eigenvalue weighted by atomic mass is 10.00. The number of nitrogens with one attached hydrogen (secondary N) is 6. The van der Waals surface area contributed by atoms with Crippen LogP contribution in [0.4, 0.5) is 23.1 Å². The Balaban J connectivity index is 0.000000130. The van der Waals surface area contributed by atoms with Gasteiger partial charge in [-0.1, -0.05) is 145 Å². The highest BCUT2D eigenvalue weighted by Crippen LogP contribution is 2.31. The highest BCUT2D eigenvalue weighted by Gasteiger charge is 2.17. The molecule has 2 aliphatic rings. The van der Waals surface area contributed by atoms with Gasteiger partial charge in [-0.25, -0.2) is 4.98 Å². The fraction of sp³-hybridized carbons (Fsp3) is 0.342. The van der Waals surface area contributed by atoms with Gasteiger partial charge in [0.05, 0.1) is 45.2 Å². The molecule has 450 valence electrons. The number of hydrogen-bond acceptors (Lipinski definition) is 9. The van der Waals surface area contributed by atoms with Gasteiger partial charge in [0.2, 0.25) is 0 Å². The van der Waals surface area contributed by atoms with Crippen molar-refractivity contribution in [3.63, 3.8) is 0 Å². The number of aromatic nitrogens is 8. The van der Waals surface area contributed by atoms with Gasteiger partial charge in [-0.2, -0.15) is 5.10 Å². The zero-order valence-electron chi connectivity index (χ0n) is 53.2. The number of furan rings is 1. The van der Waals surface area contributed by atoms with Crippen LogP contribution in [0.5, 0.6) is 0 Å². The Bertz CT molecular complexity index is 3970. The first-order valence-corrected chi connectivity index (χ1v) is 30.8. The molecular weight excluding hydrogens is 1060 g/mol. The second kappa shape index (κ2) is 29.3. The monoisotopic (exact) mass is 1150 g/mol. The zero-order valence-corrected chi connectivity index (χ0v) is 53.2. The van der Waals surface area contributed by atoms with Crippen molar-refractivity contribution in [2.24, 2.45) is 0 Å². The molecule has 86 heavy (non-hydrogen) atoms. The lowest BCUT2D eigenvalue weighted by molar-refractivity contribution is 0.615.